The summed E-state index contributed by atoms with van der Waals surface area (Å²) in [5, 5.41) is 2.61. The van der Waals surface area contributed by atoms with E-state index in [1.165, 1.54) is 0 Å². The first-order chi connectivity index (χ1) is 6.70. The molecule has 0 aliphatic heterocycles. The van der Waals surface area contributed by atoms with Crippen molar-refractivity contribution >= 4 is 11.9 Å². The lowest BCUT2D eigenvalue weighted by atomic mass is 10.3. The Kier molecular flexibility index (Phi) is 7.83. The van der Waals surface area contributed by atoms with Crippen LogP contribution in [0.3, 0.4) is 0 Å². The Bertz CT molecular complexity index is 182. The monoisotopic (exact) mass is 203 g/mol. The van der Waals surface area contributed by atoms with Gasteiger partial charge in [-0.2, -0.15) is 0 Å². The van der Waals surface area contributed by atoms with Crippen molar-refractivity contribution in [1.82, 2.24) is 5.32 Å². The van der Waals surface area contributed by atoms with Gasteiger partial charge >= 0.3 is 5.97 Å². The average Bonchev–Trinajstić information content (AvgIpc) is 2.16. The Morgan fingerprint density at radius 3 is 2.57 bits per heavy atom. The summed E-state index contributed by atoms with van der Waals surface area (Å²) in [5.41, 5.74) is 0. The van der Waals surface area contributed by atoms with Gasteiger partial charge in [-0.25, -0.2) is 0 Å². The van der Waals surface area contributed by atoms with Gasteiger partial charge in [0.1, 0.15) is 0 Å². The number of nitrogens with one attached hydrogen (secondary N) is 1. The summed E-state index contributed by atoms with van der Waals surface area (Å²) >= 11 is 0. The number of amides is 1. The van der Waals surface area contributed by atoms with Gasteiger partial charge in [-0.15, -0.1) is 0 Å². The van der Waals surface area contributed by atoms with Crippen molar-refractivity contribution in [3.8, 4) is 0 Å². The van der Waals surface area contributed by atoms with E-state index in [0.29, 0.717) is 19.8 Å². The van der Waals surface area contributed by atoms with Crippen LogP contribution in [0.25, 0.3) is 0 Å². The topological polar surface area (TPSA) is 64.6 Å². The fourth-order valence-corrected chi connectivity index (χ4v) is 0.830. The summed E-state index contributed by atoms with van der Waals surface area (Å²) in [6, 6.07) is 0. The smallest absolute Gasteiger partial charge is 0.306 e. The minimum atomic E-state index is -0.339. The molecule has 0 aromatic rings. The van der Waals surface area contributed by atoms with Crippen LogP contribution in [0.2, 0.25) is 0 Å². The predicted molar refractivity (Wildman–Crippen MR) is 50.8 cm³/mol. The lowest BCUT2D eigenvalue weighted by molar-refractivity contribution is -0.144. The molecule has 0 saturated heterocycles. The van der Waals surface area contributed by atoms with Crippen LogP contribution in [0.1, 0.15) is 19.8 Å². The molecule has 0 unspecified atom stereocenters. The molecular weight excluding hydrogens is 186 g/mol. The molecule has 5 heteroatoms. The highest BCUT2D eigenvalue weighted by atomic mass is 16.5. The zero-order valence-corrected chi connectivity index (χ0v) is 8.67. The van der Waals surface area contributed by atoms with Crippen molar-refractivity contribution < 1.29 is 19.1 Å². The molecule has 82 valence electrons. The second kappa shape index (κ2) is 8.50. The first-order valence-electron chi connectivity index (χ1n) is 4.62. The van der Waals surface area contributed by atoms with Crippen LogP contribution in [-0.2, 0) is 19.1 Å². The summed E-state index contributed by atoms with van der Waals surface area (Å²) in [4.78, 5) is 21.9. The number of carbonyl (C=O) groups excluding carboxylic acids is 2. The van der Waals surface area contributed by atoms with E-state index in [9.17, 15) is 9.59 Å². The maximum absolute atomic E-state index is 11.1. The molecule has 0 aliphatic rings. The zero-order chi connectivity index (χ0) is 10.8. The van der Waals surface area contributed by atoms with Crippen LogP contribution in [0, 0.1) is 0 Å². The number of methoxy groups -OCH3 is 1. The highest BCUT2D eigenvalue weighted by Crippen LogP contribution is 1.92. The van der Waals surface area contributed by atoms with Gasteiger partial charge in [0.2, 0.25) is 5.91 Å². The molecule has 0 aliphatic carbocycles. The van der Waals surface area contributed by atoms with Gasteiger partial charge in [0.25, 0.3) is 0 Å². The SMILES string of the molecule is CCOC(=O)CCC(=O)NCCOC. The van der Waals surface area contributed by atoms with Crippen molar-refractivity contribution in [2.75, 3.05) is 26.9 Å². The van der Waals surface area contributed by atoms with Gasteiger partial charge in [0, 0.05) is 20.1 Å². The Morgan fingerprint density at radius 2 is 2.00 bits per heavy atom. The van der Waals surface area contributed by atoms with E-state index in [1.54, 1.807) is 14.0 Å². The van der Waals surface area contributed by atoms with E-state index in [0.717, 1.165) is 0 Å². The predicted octanol–water partition coefficient (Wildman–Crippen LogP) is 0.0923. The van der Waals surface area contributed by atoms with Crippen LogP contribution in [-0.4, -0.2) is 38.7 Å². The Morgan fingerprint density at radius 1 is 1.29 bits per heavy atom. The molecule has 0 fully saturated rings. The second-order valence-corrected chi connectivity index (χ2v) is 2.65. The van der Waals surface area contributed by atoms with Gasteiger partial charge in [-0.1, -0.05) is 0 Å². The van der Waals surface area contributed by atoms with E-state index in [2.05, 4.69) is 10.1 Å². The second-order valence-electron chi connectivity index (χ2n) is 2.65. The van der Waals surface area contributed by atoms with Crippen LogP contribution in [0.5, 0.6) is 0 Å². The molecule has 0 aromatic heterocycles. The summed E-state index contributed by atoms with van der Waals surface area (Å²) < 4.78 is 9.42. The molecule has 0 atom stereocenters. The lowest BCUT2D eigenvalue weighted by Gasteiger charge is -2.03. The normalized spacial score (nSPS) is 9.57. The minimum absolute atomic E-state index is 0.132. The summed E-state index contributed by atoms with van der Waals surface area (Å²) in [7, 11) is 1.56. The minimum Gasteiger partial charge on any atom is -0.466 e. The van der Waals surface area contributed by atoms with Crippen LogP contribution in [0.4, 0.5) is 0 Å². The molecule has 1 amide bonds. The van der Waals surface area contributed by atoms with Crippen molar-refractivity contribution in [1.29, 1.82) is 0 Å². The van der Waals surface area contributed by atoms with Crippen molar-refractivity contribution in [3.63, 3.8) is 0 Å². The Labute approximate surface area is 83.8 Å². The highest BCUT2D eigenvalue weighted by molar-refractivity contribution is 5.81. The summed E-state index contributed by atoms with van der Waals surface area (Å²) in [6.07, 6.45) is 0.301. The van der Waals surface area contributed by atoms with Gasteiger partial charge in [0.15, 0.2) is 0 Å². The van der Waals surface area contributed by atoms with E-state index in [4.69, 9.17) is 4.74 Å². The number of hydrogen-bond donors (Lipinski definition) is 1. The molecule has 14 heavy (non-hydrogen) atoms. The third kappa shape index (κ3) is 7.54. The number of hydrogen-bond acceptors (Lipinski definition) is 4. The first-order valence-corrected chi connectivity index (χ1v) is 4.62. The molecule has 0 aromatic carbocycles. The Balaban J connectivity index is 3.39. The first kappa shape index (κ1) is 12.9. The fourth-order valence-electron chi connectivity index (χ4n) is 0.830. The lowest BCUT2D eigenvalue weighted by Crippen LogP contribution is -2.27. The van der Waals surface area contributed by atoms with Crippen molar-refractivity contribution in [2.45, 2.75) is 19.8 Å². The molecule has 0 saturated carbocycles. The third-order valence-corrected chi connectivity index (χ3v) is 1.49. The van der Waals surface area contributed by atoms with Crippen LogP contribution < -0.4 is 5.32 Å². The molecule has 1 N–H and O–H groups in total. The van der Waals surface area contributed by atoms with E-state index < -0.39 is 0 Å². The van der Waals surface area contributed by atoms with Crippen molar-refractivity contribution in [2.24, 2.45) is 0 Å². The maximum atomic E-state index is 11.1. The van der Waals surface area contributed by atoms with Gasteiger partial charge in [-0.05, 0) is 6.92 Å². The fraction of sp³-hybridized carbons (Fsp3) is 0.778. The molecular formula is C9H17NO4. The number of esters is 1. The highest BCUT2D eigenvalue weighted by Gasteiger charge is 2.06. The molecule has 0 heterocycles. The quantitative estimate of drug-likeness (QED) is 0.470. The molecule has 0 rings (SSSR count). The number of rotatable bonds is 7. The zero-order valence-electron chi connectivity index (χ0n) is 8.67. The van der Waals surface area contributed by atoms with Gasteiger partial charge < -0.3 is 14.8 Å². The maximum Gasteiger partial charge on any atom is 0.306 e. The molecule has 5 nitrogen and oxygen atoms in total. The summed E-state index contributed by atoms with van der Waals surface area (Å²) in [6.45, 7) is 3.03. The van der Waals surface area contributed by atoms with E-state index >= 15 is 0 Å². The van der Waals surface area contributed by atoms with Crippen molar-refractivity contribution in [3.05, 3.63) is 0 Å². The molecule has 0 spiro atoms. The van der Waals surface area contributed by atoms with E-state index in [1.807, 2.05) is 0 Å². The van der Waals surface area contributed by atoms with Crippen LogP contribution >= 0.6 is 0 Å². The molecule has 0 radical (unpaired) electrons. The average molecular weight is 203 g/mol. The van der Waals surface area contributed by atoms with Crippen LogP contribution in [0.15, 0.2) is 0 Å². The number of ether oxygens (including phenoxy) is 2. The molecule has 0 bridgehead atoms. The largest absolute Gasteiger partial charge is 0.466 e. The van der Waals surface area contributed by atoms with E-state index in [-0.39, 0.29) is 24.7 Å². The number of carbonyl (C=O) groups is 2. The third-order valence-electron chi connectivity index (χ3n) is 1.49. The summed E-state index contributed by atoms with van der Waals surface area (Å²) in [5.74, 6) is -0.496. The Hall–Kier alpha value is -1.10. The van der Waals surface area contributed by atoms with Gasteiger partial charge in [-0.3, -0.25) is 9.59 Å². The standard InChI is InChI=1S/C9H17NO4/c1-3-14-9(12)5-4-8(11)10-6-7-13-2/h3-7H2,1-2H3,(H,10,11). The van der Waals surface area contributed by atoms with Gasteiger partial charge in [0.05, 0.1) is 19.6 Å².